The molecule has 0 aliphatic heterocycles. The predicted molar refractivity (Wildman–Crippen MR) is 45.2 cm³/mol. The maximum absolute atomic E-state index is 10.8. The van der Waals surface area contributed by atoms with Crippen molar-refractivity contribution in [3.63, 3.8) is 0 Å². The van der Waals surface area contributed by atoms with Crippen molar-refractivity contribution < 1.29 is 14.7 Å². The van der Waals surface area contributed by atoms with Crippen LogP contribution in [0.4, 0.5) is 0 Å². The molecule has 0 spiro atoms. The van der Waals surface area contributed by atoms with Gasteiger partial charge in [-0.15, -0.1) is 0 Å². The van der Waals surface area contributed by atoms with Crippen molar-refractivity contribution >= 4 is 11.8 Å². The molecule has 0 atom stereocenters. The highest BCUT2D eigenvalue weighted by molar-refractivity contribution is 5.90. The molecule has 0 N–H and O–H groups in total. The Morgan fingerprint density at radius 2 is 1.92 bits per heavy atom. The Labute approximate surface area is 76.0 Å². The first-order valence-electron chi connectivity index (χ1n) is 3.90. The second-order valence-corrected chi connectivity index (χ2v) is 2.82. The van der Waals surface area contributed by atoms with E-state index in [0.29, 0.717) is 5.56 Å². The average molecular weight is 177 g/mol. The Hall–Kier alpha value is -1.64. The molecule has 0 bridgehead atoms. The molecule has 0 heterocycles. The zero-order valence-corrected chi connectivity index (χ0v) is 7.24. The van der Waals surface area contributed by atoms with E-state index in [1.165, 1.54) is 13.0 Å². The van der Waals surface area contributed by atoms with E-state index in [1.807, 2.05) is 0 Å². The number of carboxylic acids is 1. The number of carbonyl (C=O) groups excluding carboxylic acids is 2. The van der Waals surface area contributed by atoms with Crippen molar-refractivity contribution in [1.29, 1.82) is 0 Å². The highest BCUT2D eigenvalue weighted by atomic mass is 16.4. The fraction of sp³-hybridized carbons (Fsp3) is 0.200. The van der Waals surface area contributed by atoms with E-state index in [1.54, 1.807) is 18.2 Å². The maximum atomic E-state index is 10.8. The lowest BCUT2D eigenvalue weighted by Crippen LogP contribution is -2.24. The largest absolute Gasteiger partial charge is 0.545 e. The normalized spacial score (nSPS) is 9.62. The molecule has 0 amide bonds. The molecule has 0 aromatic heterocycles. The van der Waals surface area contributed by atoms with E-state index in [2.05, 4.69) is 0 Å². The molecule has 3 nitrogen and oxygen atoms in total. The molecular weight excluding hydrogens is 168 g/mol. The van der Waals surface area contributed by atoms with E-state index >= 15 is 0 Å². The topological polar surface area (TPSA) is 57.2 Å². The standard InChI is InChI=1S/C10H10O3/c1-7(11)6-8-4-2-3-5-9(8)10(12)13/h2-5H,6H2,1H3,(H,12,13)/p-1. The number of carbonyl (C=O) groups is 2. The Bertz CT molecular complexity index is 342. The van der Waals surface area contributed by atoms with E-state index in [9.17, 15) is 14.7 Å². The molecule has 3 heteroatoms. The summed E-state index contributed by atoms with van der Waals surface area (Å²) < 4.78 is 0. The molecular formula is C10H9O3-. The van der Waals surface area contributed by atoms with Gasteiger partial charge in [-0.3, -0.25) is 4.79 Å². The molecule has 0 saturated heterocycles. The minimum absolute atomic E-state index is 0.0614. The Balaban J connectivity index is 3.04. The highest BCUT2D eigenvalue weighted by Gasteiger charge is 2.03. The van der Waals surface area contributed by atoms with E-state index < -0.39 is 5.97 Å². The Morgan fingerprint density at radius 3 is 2.46 bits per heavy atom. The molecule has 1 aromatic rings. The molecule has 0 unspecified atom stereocenters. The van der Waals surface area contributed by atoms with Crippen LogP contribution < -0.4 is 5.11 Å². The van der Waals surface area contributed by atoms with Crippen LogP contribution in [0.1, 0.15) is 22.8 Å². The molecule has 0 fully saturated rings. The van der Waals surface area contributed by atoms with Crippen molar-refractivity contribution in [2.75, 3.05) is 0 Å². The lowest BCUT2D eigenvalue weighted by atomic mass is 10.0. The first-order valence-corrected chi connectivity index (χ1v) is 3.90. The van der Waals surface area contributed by atoms with E-state index in [0.717, 1.165) is 0 Å². The fourth-order valence-corrected chi connectivity index (χ4v) is 1.14. The number of ketones is 1. The van der Waals surface area contributed by atoms with E-state index in [4.69, 9.17) is 0 Å². The van der Waals surface area contributed by atoms with Gasteiger partial charge in [0.05, 0.1) is 5.97 Å². The van der Waals surface area contributed by atoms with Crippen molar-refractivity contribution in [2.24, 2.45) is 0 Å². The smallest absolute Gasteiger partial charge is 0.134 e. The second-order valence-electron chi connectivity index (χ2n) is 2.82. The van der Waals surface area contributed by atoms with Crippen molar-refractivity contribution in [1.82, 2.24) is 0 Å². The average Bonchev–Trinajstić information content (AvgIpc) is 2.03. The maximum Gasteiger partial charge on any atom is 0.134 e. The SMILES string of the molecule is CC(=O)Cc1ccccc1C(=O)[O-]. The van der Waals surface area contributed by atoms with Gasteiger partial charge in [-0.25, -0.2) is 0 Å². The summed E-state index contributed by atoms with van der Waals surface area (Å²) in [5, 5.41) is 10.6. The van der Waals surface area contributed by atoms with Crippen LogP contribution in [0.5, 0.6) is 0 Å². The lowest BCUT2D eigenvalue weighted by molar-refractivity contribution is -0.255. The number of hydrogen-bond acceptors (Lipinski definition) is 3. The molecule has 1 rings (SSSR count). The number of rotatable bonds is 3. The van der Waals surface area contributed by atoms with Gasteiger partial charge in [0.2, 0.25) is 0 Å². The summed E-state index contributed by atoms with van der Waals surface area (Å²) in [6.07, 6.45) is 0.143. The summed E-state index contributed by atoms with van der Waals surface area (Å²) in [5.41, 5.74) is 0.604. The highest BCUT2D eigenvalue weighted by Crippen LogP contribution is 2.08. The summed E-state index contributed by atoms with van der Waals surface area (Å²) in [6.45, 7) is 1.42. The zero-order chi connectivity index (χ0) is 9.84. The molecule has 13 heavy (non-hydrogen) atoms. The molecule has 0 aliphatic rings. The summed E-state index contributed by atoms with van der Waals surface area (Å²) in [6, 6.07) is 6.36. The molecule has 68 valence electrons. The van der Waals surface area contributed by atoms with Gasteiger partial charge in [0.25, 0.3) is 0 Å². The number of hydrogen-bond donors (Lipinski definition) is 0. The lowest BCUT2D eigenvalue weighted by Gasteiger charge is -2.07. The van der Waals surface area contributed by atoms with Crippen LogP contribution in [0.15, 0.2) is 24.3 Å². The third kappa shape index (κ3) is 2.40. The molecule has 0 radical (unpaired) electrons. The number of carboxylic acid groups (broad SMARTS) is 1. The van der Waals surface area contributed by atoms with Gasteiger partial charge in [0, 0.05) is 12.0 Å². The minimum atomic E-state index is -1.24. The van der Waals surface area contributed by atoms with Crippen molar-refractivity contribution in [3.05, 3.63) is 35.4 Å². The molecule has 0 aliphatic carbocycles. The van der Waals surface area contributed by atoms with Crippen LogP contribution in [-0.4, -0.2) is 11.8 Å². The third-order valence-corrected chi connectivity index (χ3v) is 1.68. The number of aromatic carboxylic acids is 1. The van der Waals surface area contributed by atoms with Gasteiger partial charge in [-0.1, -0.05) is 24.3 Å². The van der Waals surface area contributed by atoms with Gasteiger partial charge in [0.1, 0.15) is 5.78 Å². The van der Waals surface area contributed by atoms with Crippen molar-refractivity contribution in [3.8, 4) is 0 Å². The summed E-state index contributed by atoms with van der Waals surface area (Å²) in [7, 11) is 0. The second kappa shape index (κ2) is 3.85. The fourth-order valence-electron chi connectivity index (χ4n) is 1.14. The first-order chi connectivity index (χ1) is 6.11. The third-order valence-electron chi connectivity index (χ3n) is 1.68. The summed E-state index contributed by atoms with van der Waals surface area (Å²) in [4.78, 5) is 21.4. The Morgan fingerprint density at radius 1 is 1.31 bits per heavy atom. The van der Waals surface area contributed by atoms with E-state index in [-0.39, 0.29) is 17.8 Å². The summed E-state index contributed by atoms with van der Waals surface area (Å²) >= 11 is 0. The van der Waals surface area contributed by atoms with Crippen LogP contribution in [0, 0.1) is 0 Å². The zero-order valence-electron chi connectivity index (χ0n) is 7.24. The quantitative estimate of drug-likeness (QED) is 0.661. The number of benzene rings is 1. The van der Waals surface area contributed by atoms with Gasteiger partial charge in [0.15, 0.2) is 0 Å². The summed E-state index contributed by atoms with van der Waals surface area (Å²) in [5.74, 6) is -1.30. The molecule has 0 saturated carbocycles. The number of Topliss-reactive ketones (excluding diaryl/α,β-unsaturated/α-hetero) is 1. The van der Waals surface area contributed by atoms with Crippen LogP contribution in [0.25, 0.3) is 0 Å². The van der Waals surface area contributed by atoms with Crippen LogP contribution in [0.3, 0.4) is 0 Å². The van der Waals surface area contributed by atoms with Gasteiger partial charge in [-0.2, -0.15) is 0 Å². The van der Waals surface area contributed by atoms with Crippen LogP contribution >= 0.6 is 0 Å². The van der Waals surface area contributed by atoms with Crippen LogP contribution in [-0.2, 0) is 11.2 Å². The van der Waals surface area contributed by atoms with Gasteiger partial charge < -0.3 is 9.90 Å². The van der Waals surface area contributed by atoms with Gasteiger partial charge in [-0.05, 0) is 12.5 Å². The van der Waals surface area contributed by atoms with Crippen molar-refractivity contribution in [2.45, 2.75) is 13.3 Å². The van der Waals surface area contributed by atoms with Gasteiger partial charge >= 0.3 is 0 Å². The predicted octanol–water partition coefficient (Wildman–Crippen LogP) is 0.182. The first kappa shape index (κ1) is 9.45. The molecule has 1 aromatic carbocycles. The minimum Gasteiger partial charge on any atom is -0.545 e. The monoisotopic (exact) mass is 177 g/mol. The van der Waals surface area contributed by atoms with Crippen LogP contribution in [0.2, 0.25) is 0 Å². The Kier molecular flexibility index (Phi) is 2.80.